The highest BCUT2D eigenvalue weighted by molar-refractivity contribution is 5.76. The van der Waals surface area contributed by atoms with Crippen molar-refractivity contribution in [2.75, 3.05) is 20.2 Å². The summed E-state index contributed by atoms with van der Waals surface area (Å²) in [6.07, 6.45) is 2.11. The summed E-state index contributed by atoms with van der Waals surface area (Å²) in [6.45, 7) is 6.43. The van der Waals surface area contributed by atoms with Crippen molar-refractivity contribution in [1.29, 1.82) is 0 Å². The molecule has 2 heterocycles. The fraction of sp³-hybridized carbons (Fsp3) is 0.688. The van der Waals surface area contributed by atoms with E-state index in [-0.39, 0.29) is 18.5 Å². The van der Waals surface area contributed by atoms with Gasteiger partial charge in [-0.05, 0) is 51.3 Å². The number of hydrogen-bond donors (Lipinski definition) is 1. The first-order chi connectivity index (χ1) is 9.97. The lowest BCUT2D eigenvalue weighted by Crippen LogP contribution is -2.44. The fourth-order valence-electron chi connectivity index (χ4n) is 3.03. The van der Waals surface area contributed by atoms with E-state index in [0.717, 1.165) is 31.7 Å². The van der Waals surface area contributed by atoms with Crippen molar-refractivity contribution in [3.05, 3.63) is 23.7 Å². The summed E-state index contributed by atoms with van der Waals surface area (Å²) in [6, 6.07) is 3.70. The van der Waals surface area contributed by atoms with Crippen LogP contribution in [0.5, 0.6) is 0 Å². The minimum atomic E-state index is -0.465. The molecule has 1 aliphatic rings. The normalized spacial score (nSPS) is 20.5. The Morgan fingerprint density at radius 2 is 2.19 bits per heavy atom. The van der Waals surface area contributed by atoms with E-state index in [4.69, 9.17) is 14.3 Å². The van der Waals surface area contributed by atoms with E-state index in [0.29, 0.717) is 12.3 Å². The van der Waals surface area contributed by atoms with Crippen LogP contribution in [-0.4, -0.2) is 36.2 Å². The Morgan fingerprint density at radius 1 is 1.48 bits per heavy atom. The van der Waals surface area contributed by atoms with Crippen LogP contribution in [0.15, 0.2) is 16.5 Å². The third-order valence-corrected chi connectivity index (χ3v) is 4.49. The second-order valence-corrected chi connectivity index (χ2v) is 6.31. The minimum Gasteiger partial charge on any atom is -0.469 e. The van der Waals surface area contributed by atoms with Gasteiger partial charge in [-0.3, -0.25) is 9.69 Å². The maximum atomic E-state index is 12.0. The number of hydrogen-bond acceptors (Lipinski definition) is 5. The van der Waals surface area contributed by atoms with E-state index in [9.17, 15) is 4.79 Å². The van der Waals surface area contributed by atoms with E-state index in [2.05, 4.69) is 4.90 Å². The molecule has 0 amide bonds. The molecule has 1 aliphatic heterocycles. The molecule has 1 fully saturated rings. The number of nitrogens with zero attached hydrogens (tertiary/aromatic N) is 1. The average molecular weight is 295 g/mol. The smallest absolute Gasteiger partial charge is 0.311 e. The van der Waals surface area contributed by atoms with Gasteiger partial charge in [-0.25, -0.2) is 0 Å². The van der Waals surface area contributed by atoms with Crippen molar-refractivity contribution in [2.45, 2.75) is 39.8 Å². The summed E-state index contributed by atoms with van der Waals surface area (Å²) in [5.41, 5.74) is -0.465. The third kappa shape index (κ3) is 3.66. The topological polar surface area (TPSA) is 62.9 Å². The predicted octanol–water partition coefficient (Wildman–Crippen LogP) is 2.18. The number of likely N-dealkylation sites (tertiary alicyclic amines) is 1. The average Bonchev–Trinajstić information content (AvgIpc) is 2.94. The summed E-state index contributed by atoms with van der Waals surface area (Å²) in [4.78, 5) is 14.3. The number of furan rings is 1. The van der Waals surface area contributed by atoms with Gasteiger partial charge in [-0.15, -0.1) is 0 Å². The first-order valence-electron chi connectivity index (χ1n) is 7.46. The molecule has 1 unspecified atom stereocenters. The second-order valence-electron chi connectivity index (χ2n) is 6.31. The molecule has 21 heavy (non-hydrogen) atoms. The van der Waals surface area contributed by atoms with Crippen molar-refractivity contribution in [2.24, 2.45) is 11.3 Å². The third-order valence-electron chi connectivity index (χ3n) is 4.49. The molecular formula is C16H25NO4. The Hall–Kier alpha value is -1.33. The van der Waals surface area contributed by atoms with E-state index in [1.807, 2.05) is 19.9 Å². The number of piperidine rings is 1. The van der Waals surface area contributed by atoms with Crippen LogP contribution in [0.25, 0.3) is 0 Å². The van der Waals surface area contributed by atoms with Gasteiger partial charge in [0.15, 0.2) is 0 Å². The van der Waals surface area contributed by atoms with Crippen LogP contribution in [-0.2, 0) is 22.7 Å². The highest BCUT2D eigenvalue weighted by Gasteiger charge is 2.39. The summed E-state index contributed by atoms with van der Waals surface area (Å²) in [5, 5.41) is 9.04. The molecule has 2 rings (SSSR count). The molecule has 5 heteroatoms. The Morgan fingerprint density at radius 3 is 2.81 bits per heavy atom. The lowest BCUT2D eigenvalue weighted by Gasteiger charge is -2.39. The van der Waals surface area contributed by atoms with Crippen molar-refractivity contribution >= 4 is 5.97 Å². The van der Waals surface area contributed by atoms with Crippen molar-refractivity contribution < 1.29 is 19.1 Å². The summed E-state index contributed by atoms with van der Waals surface area (Å²) in [5.74, 6) is 1.59. The van der Waals surface area contributed by atoms with Crippen LogP contribution in [0.4, 0.5) is 0 Å². The minimum absolute atomic E-state index is 0.0714. The summed E-state index contributed by atoms with van der Waals surface area (Å²) < 4.78 is 10.5. The molecule has 1 aromatic rings. The molecular weight excluding hydrogens is 270 g/mol. The lowest BCUT2D eigenvalue weighted by molar-refractivity contribution is -0.155. The van der Waals surface area contributed by atoms with Crippen LogP contribution in [0.1, 0.15) is 38.2 Å². The number of aliphatic hydroxyl groups excluding tert-OH is 1. The van der Waals surface area contributed by atoms with Gasteiger partial charge >= 0.3 is 5.97 Å². The summed E-state index contributed by atoms with van der Waals surface area (Å²) in [7, 11) is 1.45. The number of ether oxygens (including phenoxy) is 1. The van der Waals surface area contributed by atoms with Crippen LogP contribution in [0, 0.1) is 11.3 Å². The van der Waals surface area contributed by atoms with Gasteiger partial charge in [0, 0.05) is 6.54 Å². The Balaban J connectivity index is 1.98. The molecule has 0 bridgehead atoms. The molecule has 0 radical (unpaired) electrons. The van der Waals surface area contributed by atoms with E-state index < -0.39 is 5.41 Å². The van der Waals surface area contributed by atoms with Gasteiger partial charge in [0.05, 0.1) is 19.1 Å². The Labute approximate surface area is 125 Å². The molecule has 1 saturated heterocycles. The van der Waals surface area contributed by atoms with Crippen molar-refractivity contribution in [1.82, 2.24) is 4.90 Å². The van der Waals surface area contributed by atoms with Crippen LogP contribution < -0.4 is 0 Å². The monoisotopic (exact) mass is 295 g/mol. The lowest BCUT2D eigenvalue weighted by atomic mass is 9.74. The van der Waals surface area contributed by atoms with Crippen molar-refractivity contribution in [3.8, 4) is 0 Å². The molecule has 0 spiro atoms. The molecule has 0 aliphatic carbocycles. The fourth-order valence-corrected chi connectivity index (χ4v) is 3.03. The molecule has 1 atom stereocenters. The van der Waals surface area contributed by atoms with Gasteiger partial charge in [-0.1, -0.05) is 0 Å². The van der Waals surface area contributed by atoms with Gasteiger partial charge in [0.25, 0.3) is 0 Å². The number of carbonyl (C=O) groups excluding carboxylic acids is 1. The van der Waals surface area contributed by atoms with Gasteiger partial charge < -0.3 is 14.3 Å². The molecule has 118 valence electrons. The van der Waals surface area contributed by atoms with Crippen LogP contribution in [0.2, 0.25) is 0 Å². The first kappa shape index (κ1) is 16.0. The molecule has 1 aromatic heterocycles. The van der Waals surface area contributed by atoms with Crippen LogP contribution in [0.3, 0.4) is 0 Å². The molecule has 0 aromatic carbocycles. The van der Waals surface area contributed by atoms with Gasteiger partial charge in [0.2, 0.25) is 0 Å². The van der Waals surface area contributed by atoms with E-state index >= 15 is 0 Å². The zero-order valence-electron chi connectivity index (χ0n) is 13.1. The Bertz CT molecular complexity index is 480. The molecule has 1 N–H and O–H groups in total. The standard InChI is InChI=1S/C16H25NO4/c1-16(2,15(19)20-3)12-5-4-8-17(9-12)10-13-6-7-14(11-18)21-13/h6-7,12,18H,4-5,8-11H2,1-3H3. The maximum absolute atomic E-state index is 12.0. The first-order valence-corrected chi connectivity index (χ1v) is 7.46. The maximum Gasteiger partial charge on any atom is 0.311 e. The SMILES string of the molecule is COC(=O)C(C)(C)C1CCCN(Cc2ccc(CO)o2)C1. The van der Waals surface area contributed by atoms with E-state index in [1.54, 1.807) is 6.07 Å². The zero-order valence-corrected chi connectivity index (χ0v) is 13.1. The zero-order chi connectivity index (χ0) is 15.5. The highest BCUT2D eigenvalue weighted by Crippen LogP contribution is 2.35. The molecule has 5 nitrogen and oxygen atoms in total. The largest absolute Gasteiger partial charge is 0.469 e. The number of methoxy groups -OCH3 is 1. The second kappa shape index (κ2) is 6.62. The van der Waals surface area contributed by atoms with Crippen molar-refractivity contribution in [3.63, 3.8) is 0 Å². The summed E-state index contributed by atoms with van der Waals surface area (Å²) >= 11 is 0. The highest BCUT2D eigenvalue weighted by atomic mass is 16.5. The quantitative estimate of drug-likeness (QED) is 0.844. The molecule has 0 saturated carbocycles. The Kier molecular flexibility index (Phi) is 5.06. The van der Waals surface area contributed by atoms with Gasteiger partial charge in [-0.2, -0.15) is 0 Å². The van der Waals surface area contributed by atoms with Crippen LogP contribution >= 0.6 is 0 Å². The van der Waals surface area contributed by atoms with Gasteiger partial charge in [0.1, 0.15) is 18.1 Å². The number of aliphatic hydroxyl groups is 1. The number of rotatable bonds is 5. The predicted molar refractivity (Wildman–Crippen MR) is 78.4 cm³/mol. The van der Waals surface area contributed by atoms with E-state index in [1.165, 1.54) is 7.11 Å². The number of carbonyl (C=O) groups is 1. The number of esters is 1.